The Morgan fingerprint density at radius 3 is 2.46 bits per heavy atom. The van der Waals surface area contributed by atoms with Crippen molar-refractivity contribution in [2.45, 2.75) is 47.0 Å². The summed E-state index contributed by atoms with van der Waals surface area (Å²) in [5.41, 5.74) is 0.535. The van der Waals surface area contributed by atoms with E-state index >= 15 is 0 Å². The lowest BCUT2D eigenvalue weighted by Crippen LogP contribution is -2.33. The van der Waals surface area contributed by atoms with Crippen LogP contribution in [0, 0.1) is 17.3 Å². The van der Waals surface area contributed by atoms with Gasteiger partial charge in [-0.05, 0) is 36.6 Å². The molecular formula is C12H25N. The van der Waals surface area contributed by atoms with E-state index in [2.05, 4.69) is 33.0 Å². The predicted octanol–water partition coefficient (Wildman–Crippen LogP) is 3.06. The summed E-state index contributed by atoms with van der Waals surface area (Å²) < 4.78 is 0. The molecule has 0 saturated heterocycles. The first-order valence-corrected chi connectivity index (χ1v) is 5.77. The lowest BCUT2D eigenvalue weighted by Gasteiger charge is -2.25. The SMILES string of the molecule is CCC(C)CNCC(C)(C)C1CC1. The summed E-state index contributed by atoms with van der Waals surface area (Å²) in [6.45, 7) is 11.8. The van der Waals surface area contributed by atoms with Crippen molar-refractivity contribution in [3.05, 3.63) is 0 Å². The molecule has 1 aliphatic carbocycles. The summed E-state index contributed by atoms with van der Waals surface area (Å²) in [5.74, 6) is 1.83. The minimum atomic E-state index is 0.535. The zero-order valence-electron chi connectivity index (χ0n) is 9.69. The van der Waals surface area contributed by atoms with E-state index in [0.29, 0.717) is 5.41 Å². The molecule has 78 valence electrons. The molecule has 1 atom stereocenters. The molecule has 1 saturated carbocycles. The van der Waals surface area contributed by atoms with Crippen LogP contribution < -0.4 is 5.32 Å². The molecule has 0 aliphatic heterocycles. The minimum absolute atomic E-state index is 0.535. The average Bonchev–Trinajstić information content (AvgIpc) is 2.85. The van der Waals surface area contributed by atoms with Crippen LogP contribution in [0.4, 0.5) is 0 Å². The highest BCUT2D eigenvalue weighted by molar-refractivity contribution is 4.89. The van der Waals surface area contributed by atoms with Gasteiger partial charge in [-0.3, -0.25) is 0 Å². The van der Waals surface area contributed by atoms with Crippen molar-refractivity contribution in [2.75, 3.05) is 13.1 Å². The lowest BCUT2D eigenvalue weighted by molar-refractivity contribution is 0.284. The summed E-state index contributed by atoms with van der Waals surface area (Å²) >= 11 is 0. The van der Waals surface area contributed by atoms with Gasteiger partial charge in [-0.2, -0.15) is 0 Å². The molecule has 0 bridgehead atoms. The van der Waals surface area contributed by atoms with Crippen LogP contribution in [0.25, 0.3) is 0 Å². The molecule has 0 aromatic carbocycles. The zero-order chi connectivity index (χ0) is 9.90. The number of rotatable bonds is 6. The van der Waals surface area contributed by atoms with Gasteiger partial charge in [0.25, 0.3) is 0 Å². The topological polar surface area (TPSA) is 12.0 Å². The lowest BCUT2D eigenvalue weighted by atomic mass is 9.87. The van der Waals surface area contributed by atoms with Crippen LogP contribution >= 0.6 is 0 Å². The molecule has 13 heavy (non-hydrogen) atoms. The van der Waals surface area contributed by atoms with Crippen molar-refractivity contribution < 1.29 is 0 Å². The first kappa shape index (κ1) is 11.0. The molecule has 0 radical (unpaired) electrons. The van der Waals surface area contributed by atoms with Crippen molar-refractivity contribution in [1.29, 1.82) is 0 Å². The Hall–Kier alpha value is -0.0400. The third-order valence-corrected chi connectivity index (χ3v) is 3.45. The second kappa shape index (κ2) is 4.45. The van der Waals surface area contributed by atoms with Crippen molar-refractivity contribution in [2.24, 2.45) is 17.3 Å². The Kier molecular flexibility index (Phi) is 3.78. The van der Waals surface area contributed by atoms with Gasteiger partial charge in [-0.25, -0.2) is 0 Å². The van der Waals surface area contributed by atoms with E-state index in [4.69, 9.17) is 0 Å². The summed E-state index contributed by atoms with van der Waals surface area (Å²) in [4.78, 5) is 0. The van der Waals surface area contributed by atoms with E-state index in [1.165, 1.54) is 32.4 Å². The largest absolute Gasteiger partial charge is 0.316 e. The molecule has 0 heterocycles. The summed E-state index contributed by atoms with van der Waals surface area (Å²) in [7, 11) is 0. The highest BCUT2D eigenvalue weighted by Gasteiger charge is 2.37. The van der Waals surface area contributed by atoms with Gasteiger partial charge >= 0.3 is 0 Å². The van der Waals surface area contributed by atoms with Crippen LogP contribution in [0.5, 0.6) is 0 Å². The molecule has 0 amide bonds. The Bertz CT molecular complexity index is 147. The first-order chi connectivity index (χ1) is 6.06. The molecular weight excluding hydrogens is 158 g/mol. The maximum atomic E-state index is 3.60. The third kappa shape index (κ3) is 3.68. The number of nitrogens with one attached hydrogen (secondary N) is 1. The van der Waals surface area contributed by atoms with Gasteiger partial charge < -0.3 is 5.32 Å². The first-order valence-electron chi connectivity index (χ1n) is 5.77. The van der Waals surface area contributed by atoms with Crippen molar-refractivity contribution in [1.82, 2.24) is 5.32 Å². The van der Waals surface area contributed by atoms with Gasteiger partial charge in [0, 0.05) is 6.54 Å². The molecule has 0 aromatic heterocycles. The van der Waals surface area contributed by atoms with E-state index in [0.717, 1.165) is 11.8 Å². The highest BCUT2D eigenvalue weighted by Crippen LogP contribution is 2.44. The second-order valence-electron chi connectivity index (χ2n) is 5.41. The van der Waals surface area contributed by atoms with Crippen molar-refractivity contribution >= 4 is 0 Å². The van der Waals surface area contributed by atoms with Gasteiger partial charge in [0.15, 0.2) is 0 Å². The fraction of sp³-hybridized carbons (Fsp3) is 1.00. The van der Waals surface area contributed by atoms with Crippen LogP contribution in [0.15, 0.2) is 0 Å². The molecule has 1 heteroatoms. The van der Waals surface area contributed by atoms with Crippen molar-refractivity contribution in [3.63, 3.8) is 0 Å². The molecule has 1 nitrogen and oxygen atoms in total. The molecule has 1 rings (SSSR count). The third-order valence-electron chi connectivity index (χ3n) is 3.45. The van der Waals surface area contributed by atoms with E-state index in [9.17, 15) is 0 Å². The van der Waals surface area contributed by atoms with Gasteiger partial charge in [-0.1, -0.05) is 34.1 Å². The summed E-state index contributed by atoms with van der Waals surface area (Å²) in [6, 6.07) is 0. The van der Waals surface area contributed by atoms with E-state index in [1.807, 2.05) is 0 Å². The van der Waals surface area contributed by atoms with E-state index in [1.54, 1.807) is 0 Å². The maximum Gasteiger partial charge on any atom is 0.000528 e. The molecule has 1 fully saturated rings. The van der Waals surface area contributed by atoms with Gasteiger partial charge in [0.1, 0.15) is 0 Å². The fourth-order valence-corrected chi connectivity index (χ4v) is 1.79. The van der Waals surface area contributed by atoms with Crippen molar-refractivity contribution in [3.8, 4) is 0 Å². The van der Waals surface area contributed by atoms with Crippen LogP contribution in [0.2, 0.25) is 0 Å². The predicted molar refractivity (Wildman–Crippen MR) is 58.8 cm³/mol. The van der Waals surface area contributed by atoms with Crippen LogP contribution in [0.3, 0.4) is 0 Å². The summed E-state index contributed by atoms with van der Waals surface area (Å²) in [6.07, 6.45) is 4.20. The fourth-order valence-electron chi connectivity index (χ4n) is 1.79. The molecule has 1 aliphatic rings. The average molecular weight is 183 g/mol. The molecule has 1 N–H and O–H groups in total. The highest BCUT2D eigenvalue weighted by atomic mass is 14.9. The second-order valence-corrected chi connectivity index (χ2v) is 5.41. The molecule has 0 spiro atoms. The van der Waals surface area contributed by atoms with Crippen LogP contribution in [-0.4, -0.2) is 13.1 Å². The minimum Gasteiger partial charge on any atom is -0.316 e. The quantitative estimate of drug-likeness (QED) is 0.667. The zero-order valence-corrected chi connectivity index (χ0v) is 9.69. The molecule has 0 aromatic rings. The normalized spacial score (nSPS) is 20.3. The Morgan fingerprint density at radius 2 is 2.00 bits per heavy atom. The van der Waals surface area contributed by atoms with Crippen LogP contribution in [0.1, 0.15) is 47.0 Å². The van der Waals surface area contributed by atoms with Gasteiger partial charge in [0.2, 0.25) is 0 Å². The number of hydrogen-bond acceptors (Lipinski definition) is 1. The monoisotopic (exact) mass is 183 g/mol. The smallest absolute Gasteiger partial charge is 0.000528 e. The summed E-state index contributed by atoms with van der Waals surface area (Å²) in [5, 5.41) is 3.60. The van der Waals surface area contributed by atoms with Gasteiger partial charge in [0.05, 0.1) is 0 Å². The Labute approximate surface area is 83.3 Å². The number of hydrogen-bond donors (Lipinski definition) is 1. The Balaban J connectivity index is 2.10. The van der Waals surface area contributed by atoms with Gasteiger partial charge in [-0.15, -0.1) is 0 Å². The Morgan fingerprint density at radius 1 is 1.38 bits per heavy atom. The van der Waals surface area contributed by atoms with E-state index < -0.39 is 0 Å². The maximum absolute atomic E-state index is 3.60. The molecule has 1 unspecified atom stereocenters. The van der Waals surface area contributed by atoms with E-state index in [-0.39, 0.29) is 0 Å². The van der Waals surface area contributed by atoms with Crippen LogP contribution in [-0.2, 0) is 0 Å². The standard InChI is InChI=1S/C12H25N/c1-5-10(2)8-13-9-12(3,4)11-6-7-11/h10-11,13H,5-9H2,1-4H3.